The SMILES string of the molecule is CCC(Br)C1CC(C)(C)OC1(C)C. The van der Waals surface area contributed by atoms with E-state index in [1.807, 2.05) is 0 Å². The molecule has 2 heteroatoms. The number of hydrogen-bond donors (Lipinski definition) is 0. The van der Waals surface area contributed by atoms with Crippen LogP contribution in [0.25, 0.3) is 0 Å². The molecule has 0 radical (unpaired) electrons. The number of rotatable bonds is 2. The van der Waals surface area contributed by atoms with Gasteiger partial charge in [0.15, 0.2) is 0 Å². The van der Waals surface area contributed by atoms with E-state index in [-0.39, 0.29) is 11.2 Å². The fourth-order valence-electron chi connectivity index (χ4n) is 2.45. The van der Waals surface area contributed by atoms with Gasteiger partial charge in [-0.15, -0.1) is 0 Å². The summed E-state index contributed by atoms with van der Waals surface area (Å²) in [7, 11) is 0. The Kier molecular flexibility index (Phi) is 3.14. The second-order valence-corrected chi connectivity index (χ2v) is 6.38. The third-order valence-electron chi connectivity index (χ3n) is 2.97. The lowest BCUT2D eigenvalue weighted by molar-refractivity contribution is -0.0744. The van der Waals surface area contributed by atoms with Gasteiger partial charge in [-0.1, -0.05) is 22.9 Å². The summed E-state index contributed by atoms with van der Waals surface area (Å²) >= 11 is 3.75. The lowest BCUT2D eigenvalue weighted by atomic mass is 9.84. The summed E-state index contributed by atoms with van der Waals surface area (Å²) in [6.45, 7) is 11.0. The zero-order chi connectivity index (χ0) is 10.3. The van der Waals surface area contributed by atoms with Gasteiger partial charge >= 0.3 is 0 Å². The van der Waals surface area contributed by atoms with E-state index < -0.39 is 0 Å². The van der Waals surface area contributed by atoms with Crippen molar-refractivity contribution in [1.82, 2.24) is 0 Å². The van der Waals surface area contributed by atoms with Crippen molar-refractivity contribution >= 4 is 15.9 Å². The van der Waals surface area contributed by atoms with E-state index in [2.05, 4.69) is 50.5 Å². The maximum absolute atomic E-state index is 6.04. The van der Waals surface area contributed by atoms with E-state index in [0.717, 1.165) is 6.42 Å². The quantitative estimate of drug-likeness (QED) is 0.677. The van der Waals surface area contributed by atoms with E-state index in [4.69, 9.17) is 4.74 Å². The molecule has 0 aromatic carbocycles. The Labute approximate surface area is 90.4 Å². The highest BCUT2D eigenvalue weighted by Gasteiger charge is 2.47. The summed E-state index contributed by atoms with van der Waals surface area (Å²) in [6.07, 6.45) is 2.33. The molecule has 0 aromatic rings. The first-order valence-corrected chi connectivity index (χ1v) is 6.04. The van der Waals surface area contributed by atoms with E-state index in [0.29, 0.717) is 10.7 Å². The van der Waals surface area contributed by atoms with Gasteiger partial charge < -0.3 is 4.74 Å². The molecule has 0 N–H and O–H groups in total. The maximum atomic E-state index is 6.04. The van der Waals surface area contributed by atoms with Crippen molar-refractivity contribution < 1.29 is 4.74 Å². The summed E-state index contributed by atoms with van der Waals surface area (Å²) < 4.78 is 6.04. The molecular formula is C11H21BrO. The van der Waals surface area contributed by atoms with Crippen LogP contribution in [0, 0.1) is 5.92 Å². The van der Waals surface area contributed by atoms with E-state index in [1.54, 1.807) is 0 Å². The van der Waals surface area contributed by atoms with Crippen LogP contribution in [-0.2, 0) is 4.74 Å². The predicted octanol–water partition coefficient (Wildman–Crippen LogP) is 3.75. The number of halogens is 1. The molecular weight excluding hydrogens is 228 g/mol. The Hall–Kier alpha value is 0.440. The highest BCUT2D eigenvalue weighted by atomic mass is 79.9. The van der Waals surface area contributed by atoms with Crippen LogP contribution in [0.4, 0.5) is 0 Å². The molecule has 1 aliphatic heterocycles. The second kappa shape index (κ2) is 3.54. The Bertz CT molecular complexity index is 187. The smallest absolute Gasteiger partial charge is 0.0673 e. The summed E-state index contributed by atoms with van der Waals surface area (Å²) in [6, 6.07) is 0. The highest BCUT2D eigenvalue weighted by molar-refractivity contribution is 9.09. The normalized spacial score (nSPS) is 33.2. The highest BCUT2D eigenvalue weighted by Crippen LogP contribution is 2.45. The van der Waals surface area contributed by atoms with Gasteiger partial charge in [0.25, 0.3) is 0 Å². The largest absolute Gasteiger partial charge is 0.369 e. The molecule has 78 valence electrons. The third kappa shape index (κ3) is 2.47. The minimum atomic E-state index is 0.0215. The zero-order valence-electron chi connectivity index (χ0n) is 9.36. The Balaban J connectivity index is 2.76. The van der Waals surface area contributed by atoms with Gasteiger partial charge in [-0.3, -0.25) is 0 Å². The average Bonchev–Trinajstić information content (AvgIpc) is 2.17. The number of alkyl halides is 1. The molecule has 1 rings (SSSR count). The third-order valence-corrected chi connectivity index (χ3v) is 4.26. The predicted molar refractivity (Wildman–Crippen MR) is 60.4 cm³/mol. The van der Waals surface area contributed by atoms with E-state index in [9.17, 15) is 0 Å². The van der Waals surface area contributed by atoms with Crippen LogP contribution >= 0.6 is 15.9 Å². The van der Waals surface area contributed by atoms with Crippen molar-refractivity contribution in [2.24, 2.45) is 5.92 Å². The van der Waals surface area contributed by atoms with Gasteiger partial charge in [0.05, 0.1) is 11.2 Å². The van der Waals surface area contributed by atoms with Crippen molar-refractivity contribution in [1.29, 1.82) is 0 Å². The van der Waals surface area contributed by atoms with E-state index in [1.165, 1.54) is 6.42 Å². The van der Waals surface area contributed by atoms with Crippen molar-refractivity contribution in [2.75, 3.05) is 0 Å². The van der Waals surface area contributed by atoms with Crippen molar-refractivity contribution in [3.05, 3.63) is 0 Å². The van der Waals surface area contributed by atoms with Crippen molar-refractivity contribution in [2.45, 2.75) is 63.5 Å². The van der Waals surface area contributed by atoms with Gasteiger partial charge in [0, 0.05) is 10.7 Å². The van der Waals surface area contributed by atoms with Gasteiger partial charge in [-0.25, -0.2) is 0 Å². The lowest BCUT2D eigenvalue weighted by Crippen LogP contribution is -2.33. The number of hydrogen-bond acceptors (Lipinski definition) is 1. The summed E-state index contributed by atoms with van der Waals surface area (Å²) in [4.78, 5) is 0.587. The topological polar surface area (TPSA) is 9.23 Å². The monoisotopic (exact) mass is 248 g/mol. The first-order chi connectivity index (χ1) is 5.78. The molecule has 0 spiro atoms. The lowest BCUT2D eigenvalue weighted by Gasteiger charge is -2.29. The first-order valence-electron chi connectivity index (χ1n) is 5.13. The van der Waals surface area contributed by atoms with Crippen LogP contribution in [0.15, 0.2) is 0 Å². The fourth-order valence-corrected chi connectivity index (χ4v) is 3.28. The van der Waals surface area contributed by atoms with Gasteiger partial charge in [-0.05, 0) is 40.5 Å². The van der Waals surface area contributed by atoms with E-state index >= 15 is 0 Å². The zero-order valence-corrected chi connectivity index (χ0v) is 10.9. The van der Waals surface area contributed by atoms with Crippen LogP contribution in [0.5, 0.6) is 0 Å². The standard InChI is InChI=1S/C11H21BrO/c1-6-9(12)8-7-10(2,3)13-11(8,4)5/h8-9H,6-7H2,1-5H3. The average molecular weight is 249 g/mol. The Morgan fingerprint density at radius 2 is 1.92 bits per heavy atom. The first kappa shape index (κ1) is 11.5. The molecule has 0 aliphatic carbocycles. The van der Waals surface area contributed by atoms with Gasteiger partial charge in [0.2, 0.25) is 0 Å². The molecule has 0 aromatic heterocycles. The molecule has 0 amide bonds. The molecule has 0 bridgehead atoms. The Morgan fingerprint density at radius 1 is 1.38 bits per heavy atom. The van der Waals surface area contributed by atoms with Gasteiger partial charge in [-0.2, -0.15) is 0 Å². The summed E-state index contributed by atoms with van der Waals surface area (Å²) in [5, 5.41) is 0. The van der Waals surface area contributed by atoms with Crippen LogP contribution in [0.1, 0.15) is 47.5 Å². The summed E-state index contributed by atoms with van der Waals surface area (Å²) in [5.74, 6) is 0.632. The van der Waals surface area contributed by atoms with Crippen LogP contribution in [-0.4, -0.2) is 16.0 Å². The molecule has 1 aliphatic rings. The minimum Gasteiger partial charge on any atom is -0.369 e. The van der Waals surface area contributed by atoms with Crippen LogP contribution < -0.4 is 0 Å². The van der Waals surface area contributed by atoms with Crippen LogP contribution in [0.2, 0.25) is 0 Å². The van der Waals surface area contributed by atoms with Crippen molar-refractivity contribution in [3.63, 3.8) is 0 Å². The molecule has 1 nitrogen and oxygen atoms in total. The van der Waals surface area contributed by atoms with Gasteiger partial charge in [0.1, 0.15) is 0 Å². The second-order valence-electron chi connectivity index (χ2n) is 5.20. The molecule has 1 heterocycles. The Morgan fingerprint density at radius 3 is 2.23 bits per heavy atom. The summed E-state index contributed by atoms with van der Waals surface area (Å²) in [5.41, 5.74) is 0.0725. The minimum absolute atomic E-state index is 0.0215. The molecule has 0 saturated carbocycles. The number of ether oxygens (including phenoxy) is 1. The fraction of sp³-hybridized carbons (Fsp3) is 1.00. The maximum Gasteiger partial charge on any atom is 0.0673 e. The molecule has 1 fully saturated rings. The molecule has 1 saturated heterocycles. The molecule has 2 atom stereocenters. The van der Waals surface area contributed by atoms with Crippen LogP contribution in [0.3, 0.4) is 0 Å². The molecule has 13 heavy (non-hydrogen) atoms. The van der Waals surface area contributed by atoms with Crippen molar-refractivity contribution in [3.8, 4) is 0 Å². The molecule has 2 unspecified atom stereocenters.